The molecule has 1 aromatic carbocycles. The fourth-order valence-corrected chi connectivity index (χ4v) is 3.45. The van der Waals surface area contributed by atoms with E-state index in [4.69, 9.17) is 0 Å². The molecule has 0 unspecified atom stereocenters. The Morgan fingerprint density at radius 3 is 2.26 bits per heavy atom. The zero-order valence-electron chi connectivity index (χ0n) is 15.3. The Hall–Kier alpha value is -3.00. The molecule has 2 aliphatic heterocycles. The van der Waals surface area contributed by atoms with Gasteiger partial charge < -0.3 is 9.80 Å². The van der Waals surface area contributed by atoms with Crippen molar-refractivity contribution >= 4 is 23.1 Å². The van der Waals surface area contributed by atoms with E-state index < -0.39 is 4.92 Å². The van der Waals surface area contributed by atoms with E-state index in [0.29, 0.717) is 29.9 Å². The highest BCUT2D eigenvalue weighted by Gasteiger charge is 2.41. The summed E-state index contributed by atoms with van der Waals surface area (Å²) in [4.78, 5) is 41.7. The van der Waals surface area contributed by atoms with E-state index in [-0.39, 0.29) is 24.0 Å². The van der Waals surface area contributed by atoms with Crippen LogP contribution in [0.3, 0.4) is 0 Å². The summed E-state index contributed by atoms with van der Waals surface area (Å²) in [7, 11) is 0. The molecule has 2 heterocycles. The molecule has 0 aliphatic carbocycles. The van der Waals surface area contributed by atoms with Gasteiger partial charge in [0.15, 0.2) is 0 Å². The highest BCUT2D eigenvalue weighted by atomic mass is 16.6. The van der Waals surface area contributed by atoms with Crippen molar-refractivity contribution in [3.8, 4) is 0 Å². The van der Waals surface area contributed by atoms with Crippen LogP contribution >= 0.6 is 0 Å². The molecule has 8 heteroatoms. The van der Waals surface area contributed by atoms with Crippen molar-refractivity contribution in [2.24, 2.45) is 0 Å². The lowest BCUT2D eigenvalue weighted by atomic mass is 10.0. The number of carbonyl (C=O) groups excluding carboxylic acids is 2. The number of benzene rings is 1. The molecule has 8 nitrogen and oxygen atoms in total. The van der Waals surface area contributed by atoms with Crippen LogP contribution in [0.15, 0.2) is 42.6 Å². The van der Waals surface area contributed by atoms with Gasteiger partial charge in [0.25, 0.3) is 17.5 Å². The van der Waals surface area contributed by atoms with Crippen molar-refractivity contribution in [1.82, 2.24) is 14.7 Å². The Labute approximate surface area is 157 Å². The van der Waals surface area contributed by atoms with E-state index in [0.717, 1.165) is 19.6 Å². The van der Waals surface area contributed by atoms with E-state index in [1.165, 1.54) is 35.2 Å². The summed E-state index contributed by atoms with van der Waals surface area (Å²) in [6, 6.07) is 5.75. The second-order valence-corrected chi connectivity index (χ2v) is 6.46. The average molecular weight is 370 g/mol. The SMILES string of the molecule is C=CCN1C(=O)C(c2ccc([N+](=O)[O-])cc2)=C(N2CCN(CC)CC2)C1=O. The van der Waals surface area contributed by atoms with E-state index in [1.54, 1.807) is 0 Å². The molecule has 0 radical (unpaired) electrons. The van der Waals surface area contributed by atoms with Gasteiger partial charge in [0, 0.05) is 44.9 Å². The van der Waals surface area contributed by atoms with E-state index in [1.807, 2.05) is 4.90 Å². The van der Waals surface area contributed by atoms with Gasteiger partial charge >= 0.3 is 0 Å². The lowest BCUT2D eigenvalue weighted by Crippen LogP contribution is -2.47. The van der Waals surface area contributed by atoms with Crippen LogP contribution in [-0.4, -0.2) is 70.7 Å². The zero-order chi connectivity index (χ0) is 19.6. The second-order valence-electron chi connectivity index (χ2n) is 6.46. The molecule has 1 saturated heterocycles. The molecule has 0 aromatic heterocycles. The van der Waals surface area contributed by atoms with Crippen LogP contribution in [0, 0.1) is 10.1 Å². The number of likely N-dealkylation sites (N-methyl/N-ethyl adjacent to an activating group) is 1. The normalized spacial score (nSPS) is 18.4. The first kappa shape index (κ1) is 18.8. The highest BCUT2D eigenvalue weighted by molar-refractivity contribution is 6.35. The third kappa shape index (κ3) is 3.48. The van der Waals surface area contributed by atoms with Crippen LogP contribution < -0.4 is 0 Å². The maximum Gasteiger partial charge on any atom is 0.278 e. The van der Waals surface area contributed by atoms with Crippen LogP contribution in [0.4, 0.5) is 5.69 Å². The smallest absolute Gasteiger partial charge is 0.278 e. The molecule has 0 spiro atoms. The van der Waals surface area contributed by atoms with Crippen LogP contribution in [0.25, 0.3) is 5.57 Å². The van der Waals surface area contributed by atoms with Gasteiger partial charge in [0.2, 0.25) is 0 Å². The number of non-ortho nitro benzene ring substituents is 1. The highest BCUT2D eigenvalue weighted by Crippen LogP contribution is 2.32. The van der Waals surface area contributed by atoms with Crippen molar-refractivity contribution in [3.63, 3.8) is 0 Å². The minimum atomic E-state index is -0.491. The lowest BCUT2D eigenvalue weighted by molar-refractivity contribution is -0.384. The van der Waals surface area contributed by atoms with Crippen LogP contribution in [0.5, 0.6) is 0 Å². The molecular weight excluding hydrogens is 348 g/mol. The first-order valence-electron chi connectivity index (χ1n) is 8.91. The fraction of sp³-hybridized carbons (Fsp3) is 0.368. The number of carbonyl (C=O) groups is 2. The summed E-state index contributed by atoms with van der Waals surface area (Å²) in [5.74, 6) is -0.722. The summed E-state index contributed by atoms with van der Waals surface area (Å²) < 4.78 is 0. The number of imide groups is 1. The Kier molecular flexibility index (Phi) is 5.36. The number of amides is 2. The van der Waals surface area contributed by atoms with Gasteiger partial charge in [-0.2, -0.15) is 0 Å². The predicted molar refractivity (Wildman–Crippen MR) is 101 cm³/mol. The van der Waals surface area contributed by atoms with Gasteiger partial charge in [-0.25, -0.2) is 0 Å². The summed E-state index contributed by atoms with van der Waals surface area (Å²) in [5, 5.41) is 10.9. The molecule has 0 bridgehead atoms. The molecular formula is C19H22N4O4. The van der Waals surface area contributed by atoms with Gasteiger partial charge in [0.1, 0.15) is 5.70 Å². The van der Waals surface area contributed by atoms with E-state index in [9.17, 15) is 19.7 Å². The molecule has 2 amide bonds. The number of nitro groups is 1. The fourth-order valence-electron chi connectivity index (χ4n) is 3.45. The summed E-state index contributed by atoms with van der Waals surface area (Å²) >= 11 is 0. The molecule has 142 valence electrons. The number of piperazine rings is 1. The average Bonchev–Trinajstić information content (AvgIpc) is 2.93. The Morgan fingerprint density at radius 2 is 1.74 bits per heavy atom. The summed E-state index contributed by atoms with van der Waals surface area (Å²) in [5.41, 5.74) is 1.14. The minimum Gasteiger partial charge on any atom is -0.364 e. The number of hydrogen-bond acceptors (Lipinski definition) is 6. The third-order valence-electron chi connectivity index (χ3n) is 4.96. The molecule has 1 fully saturated rings. The van der Waals surface area contributed by atoms with Crippen molar-refractivity contribution in [2.75, 3.05) is 39.3 Å². The Balaban J connectivity index is 2.01. The monoisotopic (exact) mass is 370 g/mol. The lowest BCUT2D eigenvalue weighted by Gasteiger charge is -2.35. The topological polar surface area (TPSA) is 87.0 Å². The van der Waals surface area contributed by atoms with Gasteiger partial charge in [-0.15, -0.1) is 6.58 Å². The van der Waals surface area contributed by atoms with Crippen molar-refractivity contribution in [1.29, 1.82) is 0 Å². The molecule has 0 saturated carbocycles. The maximum atomic E-state index is 13.0. The van der Waals surface area contributed by atoms with E-state index >= 15 is 0 Å². The Bertz CT molecular complexity index is 808. The first-order chi connectivity index (χ1) is 13.0. The number of nitro benzene ring substituents is 1. The first-order valence-corrected chi connectivity index (χ1v) is 8.91. The molecule has 0 N–H and O–H groups in total. The Morgan fingerprint density at radius 1 is 1.11 bits per heavy atom. The van der Waals surface area contributed by atoms with Crippen molar-refractivity contribution in [3.05, 3.63) is 58.3 Å². The van der Waals surface area contributed by atoms with Gasteiger partial charge in [-0.3, -0.25) is 24.6 Å². The molecule has 1 aromatic rings. The summed E-state index contributed by atoms with van der Waals surface area (Å²) in [6.45, 7) is 9.72. The quantitative estimate of drug-likeness (QED) is 0.326. The van der Waals surface area contributed by atoms with Gasteiger partial charge in [0.05, 0.1) is 10.5 Å². The molecule has 0 atom stereocenters. The molecule has 3 rings (SSSR count). The second kappa shape index (κ2) is 7.71. The van der Waals surface area contributed by atoms with Crippen LogP contribution in [-0.2, 0) is 9.59 Å². The zero-order valence-corrected chi connectivity index (χ0v) is 15.3. The van der Waals surface area contributed by atoms with Gasteiger partial charge in [-0.05, 0) is 24.2 Å². The van der Waals surface area contributed by atoms with Gasteiger partial charge in [-0.1, -0.05) is 13.0 Å². The largest absolute Gasteiger partial charge is 0.364 e. The van der Waals surface area contributed by atoms with Crippen molar-refractivity contribution < 1.29 is 14.5 Å². The number of rotatable bonds is 6. The van der Waals surface area contributed by atoms with Crippen LogP contribution in [0.1, 0.15) is 12.5 Å². The summed E-state index contributed by atoms with van der Waals surface area (Å²) in [6.07, 6.45) is 1.52. The number of hydrogen-bond donors (Lipinski definition) is 0. The predicted octanol–water partition coefficient (Wildman–Crippen LogP) is 1.50. The minimum absolute atomic E-state index is 0.0582. The van der Waals surface area contributed by atoms with E-state index in [2.05, 4.69) is 18.4 Å². The standard InChI is InChI=1S/C19H22N4O4/c1-3-9-22-18(24)16(14-5-7-15(8-6-14)23(26)27)17(19(22)25)21-12-10-20(4-2)11-13-21/h3,5-8H,1,4,9-13H2,2H3. The number of nitrogens with zero attached hydrogens (tertiary/aromatic N) is 4. The molecule has 27 heavy (non-hydrogen) atoms. The molecule has 2 aliphatic rings. The van der Waals surface area contributed by atoms with Crippen molar-refractivity contribution in [2.45, 2.75) is 6.92 Å². The maximum absolute atomic E-state index is 13.0. The van der Waals surface area contributed by atoms with Crippen LogP contribution in [0.2, 0.25) is 0 Å². The third-order valence-corrected chi connectivity index (χ3v) is 4.96.